The first-order valence-corrected chi connectivity index (χ1v) is 13.2. The van der Waals surface area contributed by atoms with Crippen molar-refractivity contribution in [1.29, 1.82) is 0 Å². The van der Waals surface area contributed by atoms with Gasteiger partial charge in [0.05, 0.1) is 48.8 Å². The Morgan fingerprint density at radius 2 is 1.74 bits per heavy atom. The quantitative estimate of drug-likeness (QED) is 0.176. The van der Waals surface area contributed by atoms with Crippen molar-refractivity contribution >= 4 is 52.7 Å². The lowest BCUT2D eigenvalue weighted by Crippen LogP contribution is -2.31. The topological polar surface area (TPSA) is 144 Å². The van der Waals surface area contributed by atoms with Crippen LogP contribution in [0.1, 0.15) is 41.0 Å². The van der Waals surface area contributed by atoms with Gasteiger partial charge in [-0.2, -0.15) is 5.53 Å². The summed E-state index contributed by atoms with van der Waals surface area (Å²) in [6.07, 6.45) is 2.61. The van der Waals surface area contributed by atoms with E-state index < -0.39 is 17.8 Å². The van der Waals surface area contributed by atoms with Gasteiger partial charge in [-0.05, 0) is 55.8 Å². The number of ether oxygens (including phenoxy) is 3. The predicted octanol–water partition coefficient (Wildman–Crippen LogP) is 3.68. The van der Waals surface area contributed by atoms with Gasteiger partial charge < -0.3 is 25.0 Å². The molecule has 2 aromatic carbocycles. The molecule has 210 valence electrons. The van der Waals surface area contributed by atoms with Crippen LogP contribution in [0.3, 0.4) is 0 Å². The minimum atomic E-state index is -0.943. The Labute approximate surface area is 235 Å². The third kappa shape index (κ3) is 10.2. The number of esters is 2. The number of methoxy groups -OCH3 is 2. The largest absolute Gasteiger partial charge is 0.497 e. The molecule has 3 rings (SSSR count). The molecule has 4 N–H and O–H groups in total. The van der Waals surface area contributed by atoms with Gasteiger partial charge in [-0.3, -0.25) is 19.8 Å². The number of Topliss-reactive ketones (excluding diaryl/α,β-unsaturated/α-hetero) is 1. The molecule has 1 aliphatic rings. The fraction of sp³-hybridized carbons (Fsp3) is 0.308. The number of hydrazine groups is 2. The lowest BCUT2D eigenvalue weighted by Gasteiger charge is -2.13. The number of thioether (sulfide) groups is 1. The molecule has 2 aromatic rings. The molecule has 1 amide bonds. The molecule has 0 aliphatic carbocycles. The van der Waals surface area contributed by atoms with E-state index in [-0.39, 0.29) is 28.0 Å². The molecular formula is C26H31ClN4O7S. The summed E-state index contributed by atoms with van der Waals surface area (Å²) in [4.78, 5) is 47.5. The zero-order valence-electron chi connectivity index (χ0n) is 22.0. The van der Waals surface area contributed by atoms with Crippen molar-refractivity contribution in [1.82, 2.24) is 16.4 Å². The maximum Gasteiger partial charge on any atom is 0.337 e. The molecule has 13 heteroatoms. The fourth-order valence-corrected chi connectivity index (χ4v) is 3.73. The van der Waals surface area contributed by atoms with Crippen molar-refractivity contribution in [2.75, 3.05) is 31.9 Å². The van der Waals surface area contributed by atoms with Gasteiger partial charge in [-0.25, -0.2) is 4.79 Å². The monoisotopic (exact) mass is 578 g/mol. The van der Waals surface area contributed by atoms with Crippen molar-refractivity contribution in [3.8, 4) is 5.75 Å². The highest BCUT2D eigenvalue weighted by molar-refractivity contribution is 8.03. The highest BCUT2D eigenvalue weighted by atomic mass is 35.5. The van der Waals surface area contributed by atoms with E-state index in [4.69, 9.17) is 21.1 Å². The van der Waals surface area contributed by atoms with Gasteiger partial charge >= 0.3 is 11.9 Å². The summed E-state index contributed by atoms with van der Waals surface area (Å²) in [5, 5.41) is 3.71. The van der Waals surface area contributed by atoms with Gasteiger partial charge in [0.2, 0.25) is 5.91 Å². The SMILES string of the molecule is CCCOC(=O)CSC1=CNNN1.COC(=O)c1ccc(Cl)c(NC(=O)C(C)C(=O)c2ccc(OC)cc2)c1. The number of anilines is 1. The average molecular weight is 579 g/mol. The van der Waals surface area contributed by atoms with Crippen LogP contribution in [0.15, 0.2) is 53.7 Å². The normalized spacial score (nSPS) is 12.4. The van der Waals surface area contributed by atoms with Crippen LogP contribution in [0.2, 0.25) is 5.02 Å². The van der Waals surface area contributed by atoms with Crippen LogP contribution >= 0.6 is 23.4 Å². The standard InChI is InChI=1S/C19H18ClNO5.C7H13N3O2S/c1-11(17(22)12-4-7-14(25-2)8-5-12)18(23)21-16-10-13(19(24)26-3)6-9-15(16)20;1-2-3-12-7(11)5-13-6-4-8-10-9-6/h4-11H,1-3H3,(H,21,23);4,8-10H,2-3,5H2,1H3. The number of hydrogen-bond donors (Lipinski definition) is 4. The van der Waals surface area contributed by atoms with Gasteiger partial charge in [0, 0.05) is 11.8 Å². The highest BCUT2D eigenvalue weighted by Crippen LogP contribution is 2.25. The lowest BCUT2D eigenvalue weighted by atomic mass is 9.98. The number of rotatable bonds is 11. The molecule has 0 bridgehead atoms. The van der Waals surface area contributed by atoms with Crippen LogP contribution in [-0.2, 0) is 19.1 Å². The van der Waals surface area contributed by atoms with Crippen LogP contribution in [0, 0.1) is 5.92 Å². The van der Waals surface area contributed by atoms with Gasteiger partial charge in [-0.15, -0.1) is 0 Å². The van der Waals surface area contributed by atoms with E-state index in [0.717, 1.165) is 11.4 Å². The Morgan fingerprint density at radius 1 is 1.05 bits per heavy atom. The number of carbonyl (C=O) groups excluding carboxylic acids is 4. The van der Waals surface area contributed by atoms with E-state index >= 15 is 0 Å². The minimum absolute atomic E-state index is 0.179. The third-order valence-corrected chi connectivity index (χ3v) is 6.32. The molecule has 1 heterocycles. The second-order valence-corrected chi connectivity index (χ2v) is 9.33. The number of halogens is 1. The van der Waals surface area contributed by atoms with E-state index in [0.29, 0.717) is 23.7 Å². The maximum atomic E-state index is 12.5. The van der Waals surface area contributed by atoms with Crippen LogP contribution in [0.5, 0.6) is 5.75 Å². The molecule has 0 radical (unpaired) electrons. The minimum Gasteiger partial charge on any atom is -0.497 e. The maximum absolute atomic E-state index is 12.5. The number of amides is 1. The summed E-state index contributed by atoms with van der Waals surface area (Å²) in [6, 6.07) is 10.8. The third-order valence-electron chi connectivity index (χ3n) is 5.08. The fourth-order valence-electron chi connectivity index (χ4n) is 2.94. The summed E-state index contributed by atoms with van der Waals surface area (Å²) >= 11 is 7.45. The van der Waals surface area contributed by atoms with Crippen LogP contribution in [-0.4, -0.2) is 50.2 Å². The number of ketones is 1. The Bertz CT molecular complexity index is 1190. The van der Waals surface area contributed by atoms with E-state index in [2.05, 4.69) is 26.4 Å². The van der Waals surface area contributed by atoms with Crippen LogP contribution in [0.25, 0.3) is 0 Å². The van der Waals surface area contributed by atoms with E-state index in [1.165, 1.54) is 51.1 Å². The first kappa shape index (κ1) is 31.5. The Hall–Kier alpha value is -3.74. The second kappa shape index (κ2) is 16.3. The molecule has 0 aromatic heterocycles. The summed E-state index contributed by atoms with van der Waals surface area (Å²) in [7, 11) is 2.78. The highest BCUT2D eigenvalue weighted by Gasteiger charge is 2.24. The average Bonchev–Trinajstić information content (AvgIpc) is 3.49. The van der Waals surface area contributed by atoms with E-state index in [1.807, 2.05) is 6.92 Å². The zero-order valence-corrected chi connectivity index (χ0v) is 23.5. The van der Waals surface area contributed by atoms with E-state index in [9.17, 15) is 19.2 Å². The van der Waals surface area contributed by atoms with Crippen molar-refractivity contribution in [2.24, 2.45) is 5.92 Å². The molecule has 0 spiro atoms. The number of carbonyl (C=O) groups is 4. The Morgan fingerprint density at radius 3 is 2.33 bits per heavy atom. The summed E-state index contributed by atoms with van der Waals surface area (Å²) in [6.45, 7) is 3.97. The molecule has 0 saturated carbocycles. The van der Waals surface area contributed by atoms with Crippen molar-refractivity contribution in [2.45, 2.75) is 20.3 Å². The van der Waals surface area contributed by atoms with Crippen LogP contribution < -0.4 is 26.4 Å². The van der Waals surface area contributed by atoms with Gasteiger partial charge in [-0.1, -0.05) is 30.3 Å². The number of benzene rings is 2. The molecule has 0 saturated heterocycles. The second-order valence-electron chi connectivity index (χ2n) is 7.90. The van der Waals surface area contributed by atoms with E-state index in [1.54, 1.807) is 30.5 Å². The lowest BCUT2D eigenvalue weighted by molar-refractivity contribution is -0.140. The predicted molar refractivity (Wildman–Crippen MR) is 149 cm³/mol. The van der Waals surface area contributed by atoms with Gasteiger partial charge in [0.1, 0.15) is 10.8 Å². The van der Waals surface area contributed by atoms with Crippen molar-refractivity contribution in [3.63, 3.8) is 0 Å². The molecular weight excluding hydrogens is 548 g/mol. The number of hydrogen-bond acceptors (Lipinski definition) is 11. The molecule has 0 fully saturated rings. The number of nitrogens with one attached hydrogen (secondary N) is 4. The molecule has 1 unspecified atom stereocenters. The van der Waals surface area contributed by atoms with Crippen molar-refractivity contribution < 1.29 is 33.4 Å². The summed E-state index contributed by atoms with van der Waals surface area (Å²) in [5.74, 6) is -1.60. The van der Waals surface area contributed by atoms with Crippen molar-refractivity contribution in [3.05, 3.63) is 69.8 Å². The van der Waals surface area contributed by atoms with Gasteiger partial charge in [0.25, 0.3) is 0 Å². The Kier molecular flexibility index (Phi) is 13.1. The molecule has 39 heavy (non-hydrogen) atoms. The van der Waals surface area contributed by atoms with Gasteiger partial charge in [0.15, 0.2) is 5.78 Å². The Balaban J connectivity index is 0.000000344. The smallest absolute Gasteiger partial charge is 0.337 e. The summed E-state index contributed by atoms with van der Waals surface area (Å²) in [5.41, 5.74) is 9.10. The first-order valence-electron chi connectivity index (χ1n) is 11.8. The zero-order chi connectivity index (χ0) is 28.8. The molecule has 1 aliphatic heterocycles. The molecule has 11 nitrogen and oxygen atoms in total. The summed E-state index contributed by atoms with van der Waals surface area (Å²) < 4.78 is 14.6. The first-order chi connectivity index (χ1) is 18.7. The van der Waals surface area contributed by atoms with Crippen LogP contribution in [0.4, 0.5) is 5.69 Å². The molecule has 1 atom stereocenters.